The minimum atomic E-state index is -1.51. The van der Waals surface area contributed by atoms with Gasteiger partial charge >= 0.3 is 0 Å². The molecule has 1 N–H and O–H groups in total. The van der Waals surface area contributed by atoms with Crippen LogP contribution in [0.4, 0.5) is 4.39 Å². The molecule has 0 radical (unpaired) electrons. The predicted octanol–water partition coefficient (Wildman–Crippen LogP) is 4.35. The second-order valence-electron chi connectivity index (χ2n) is 8.66. The van der Waals surface area contributed by atoms with E-state index in [0.29, 0.717) is 17.1 Å². The summed E-state index contributed by atoms with van der Waals surface area (Å²) >= 11 is 6.42. The first-order chi connectivity index (χ1) is 17.8. The van der Waals surface area contributed by atoms with E-state index in [1.165, 1.54) is 6.08 Å². The number of halogens is 2. The van der Waals surface area contributed by atoms with Gasteiger partial charge in [0.15, 0.2) is 6.17 Å². The number of carbonyl (C=O) groups excluding carboxylic acids is 2. The van der Waals surface area contributed by atoms with Crippen LogP contribution in [0.3, 0.4) is 0 Å². The van der Waals surface area contributed by atoms with Crippen LogP contribution < -0.4 is 5.32 Å². The van der Waals surface area contributed by atoms with E-state index >= 15 is 0 Å². The smallest absolute Gasteiger partial charge is 0.280 e. The highest BCUT2D eigenvalue weighted by molar-refractivity contribution is 6.34. The third kappa shape index (κ3) is 4.90. The molecule has 8 nitrogen and oxygen atoms in total. The lowest BCUT2D eigenvalue weighted by Gasteiger charge is -2.24. The molecule has 2 heterocycles. The molecule has 10 heteroatoms. The van der Waals surface area contributed by atoms with Gasteiger partial charge in [-0.3, -0.25) is 9.59 Å². The van der Waals surface area contributed by atoms with E-state index in [1.54, 1.807) is 49.1 Å². The number of fused-ring (bicyclic) bond motifs is 1. The Bertz CT molecular complexity index is 1520. The van der Waals surface area contributed by atoms with Gasteiger partial charge in [0.2, 0.25) is 0 Å². The summed E-state index contributed by atoms with van der Waals surface area (Å²) in [5, 5.41) is 7.35. The molecule has 1 aromatic heterocycles. The number of carbonyl (C=O) groups is 2. The highest BCUT2D eigenvalue weighted by atomic mass is 35.5. The van der Waals surface area contributed by atoms with E-state index in [1.807, 2.05) is 30.3 Å². The second kappa shape index (κ2) is 10.0. The topological polar surface area (TPSA) is 102 Å². The lowest BCUT2D eigenvalue weighted by molar-refractivity contribution is -0.114. The molecular formula is C27H22ClFN6O2. The van der Waals surface area contributed by atoms with Gasteiger partial charge in [0.25, 0.3) is 11.8 Å². The Hall–Kier alpha value is -4.24. The summed E-state index contributed by atoms with van der Waals surface area (Å²) in [5.41, 5.74) is 2.55. The number of hydrogen-bond donors (Lipinski definition) is 1. The number of alkyl halides is 1. The van der Waals surface area contributed by atoms with Crippen molar-refractivity contribution in [1.29, 1.82) is 0 Å². The van der Waals surface area contributed by atoms with Crippen molar-refractivity contribution in [3.05, 3.63) is 100 Å². The maximum atomic E-state index is 14.7. The van der Waals surface area contributed by atoms with Crippen molar-refractivity contribution in [3.63, 3.8) is 0 Å². The van der Waals surface area contributed by atoms with Crippen molar-refractivity contribution in [2.24, 2.45) is 9.98 Å². The number of amidine groups is 1. The summed E-state index contributed by atoms with van der Waals surface area (Å²) in [6.45, 7) is 3.56. The van der Waals surface area contributed by atoms with Crippen LogP contribution in [0, 0.1) is 6.92 Å². The lowest BCUT2D eigenvalue weighted by atomic mass is 9.91. The molecule has 3 aromatic rings. The Morgan fingerprint density at radius 2 is 1.95 bits per heavy atom. The third-order valence-electron chi connectivity index (χ3n) is 6.14. The first-order valence-corrected chi connectivity index (χ1v) is 12.0. The average Bonchev–Trinajstić information content (AvgIpc) is 3.33. The maximum absolute atomic E-state index is 14.7. The number of aliphatic imine (C=N–C) groups is 2. The van der Waals surface area contributed by atoms with Gasteiger partial charge in [-0.1, -0.05) is 48.0 Å². The van der Waals surface area contributed by atoms with Crippen LogP contribution in [-0.2, 0) is 4.79 Å². The predicted molar refractivity (Wildman–Crippen MR) is 139 cm³/mol. The van der Waals surface area contributed by atoms with Crippen molar-refractivity contribution in [1.82, 2.24) is 20.1 Å². The molecule has 37 heavy (non-hydrogen) atoms. The molecule has 2 aliphatic rings. The molecule has 1 aliphatic carbocycles. The summed E-state index contributed by atoms with van der Waals surface area (Å²) < 4.78 is 16.3. The van der Waals surface area contributed by atoms with Gasteiger partial charge in [-0.05, 0) is 49.3 Å². The van der Waals surface area contributed by atoms with E-state index < -0.39 is 23.9 Å². The largest absolute Gasteiger partial charge is 0.351 e. The number of nitrogens with zero attached hydrogens (tertiary/aromatic N) is 5. The number of benzene rings is 2. The minimum Gasteiger partial charge on any atom is -0.351 e. The molecular weight excluding hydrogens is 495 g/mol. The number of nitrogens with one attached hydrogen (secondary N) is 1. The zero-order valence-electron chi connectivity index (χ0n) is 20.0. The SMILES string of the molecule is CC1=C2C(=O)N=C([C@@H](CNC(=O)c3ccc(-n4cnc(C)n4)cc3Cl)c3ccccc3)N=C2C(F)C=C1. The third-order valence-corrected chi connectivity index (χ3v) is 6.45. The van der Waals surface area contributed by atoms with Crippen LogP contribution in [0.2, 0.25) is 5.02 Å². The van der Waals surface area contributed by atoms with E-state index in [2.05, 4.69) is 25.4 Å². The van der Waals surface area contributed by atoms with Crippen molar-refractivity contribution in [3.8, 4) is 5.69 Å². The summed E-state index contributed by atoms with van der Waals surface area (Å²) in [6, 6.07) is 14.2. The standard InChI is InChI=1S/C27H22ClFN6O2/c1-15-8-11-22(29)24-23(15)27(37)33-25(32-24)20(17-6-4-3-5-7-17)13-30-26(36)19-10-9-18(12-21(19)28)35-14-31-16(2)34-35/h3-12,14,20,22H,13H2,1-2H3,(H,30,36)/t20-,22?/m0/s1. The van der Waals surface area contributed by atoms with E-state index in [-0.39, 0.29) is 34.3 Å². The fraction of sp³-hybridized carbons (Fsp3) is 0.185. The summed E-state index contributed by atoms with van der Waals surface area (Å²) in [5.74, 6) is -0.790. The molecule has 0 bridgehead atoms. The van der Waals surface area contributed by atoms with Crippen molar-refractivity contribution in [2.45, 2.75) is 25.9 Å². The number of allylic oxidation sites excluding steroid dienone is 3. The molecule has 2 aromatic carbocycles. The number of rotatable bonds is 6. The molecule has 1 aliphatic heterocycles. The molecule has 1 unspecified atom stereocenters. The van der Waals surface area contributed by atoms with Gasteiger partial charge in [0.1, 0.15) is 18.0 Å². The number of hydrogen-bond acceptors (Lipinski definition) is 5. The van der Waals surface area contributed by atoms with Crippen molar-refractivity contribution in [2.75, 3.05) is 6.54 Å². The Kier molecular flexibility index (Phi) is 6.62. The zero-order chi connectivity index (χ0) is 26.1. The summed E-state index contributed by atoms with van der Waals surface area (Å²) in [4.78, 5) is 38.6. The van der Waals surface area contributed by atoms with Gasteiger partial charge in [-0.15, -0.1) is 0 Å². The molecule has 0 spiro atoms. The van der Waals surface area contributed by atoms with Gasteiger partial charge in [-0.25, -0.2) is 19.0 Å². The number of aryl methyl sites for hydroxylation is 1. The van der Waals surface area contributed by atoms with E-state index in [0.717, 1.165) is 5.56 Å². The normalized spacial score (nSPS) is 17.7. The van der Waals surface area contributed by atoms with Crippen molar-refractivity contribution >= 4 is 35.0 Å². The van der Waals surface area contributed by atoms with Crippen molar-refractivity contribution < 1.29 is 14.0 Å². The van der Waals surface area contributed by atoms with Crippen LogP contribution in [0.25, 0.3) is 5.69 Å². The number of aromatic nitrogens is 3. The maximum Gasteiger partial charge on any atom is 0.280 e. The average molecular weight is 517 g/mol. The molecule has 5 rings (SSSR count). The number of amides is 2. The van der Waals surface area contributed by atoms with Crippen LogP contribution in [0.5, 0.6) is 0 Å². The van der Waals surface area contributed by atoms with Crippen LogP contribution in [-0.4, -0.2) is 50.8 Å². The summed E-state index contributed by atoms with van der Waals surface area (Å²) in [6.07, 6.45) is 2.97. The molecule has 2 amide bonds. The zero-order valence-corrected chi connectivity index (χ0v) is 20.8. The molecule has 186 valence electrons. The van der Waals surface area contributed by atoms with E-state index in [4.69, 9.17) is 11.6 Å². The molecule has 0 saturated carbocycles. The quantitative estimate of drug-likeness (QED) is 0.526. The fourth-order valence-corrected chi connectivity index (χ4v) is 4.50. The first kappa shape index (κ1) is 24.5. The fourth-order valence-electron chi connectivity index (χ4n) is 4.24. The molecule has 0 saturated heterocycles. The highest BCUT2D eigenvalue weighted by Crippen LogP contribution is 2.28. The van der Waals surface area contributed by atoms with Crippen LogP contribution in [0.15, 0.2) is 88.1 Å². The van der Waals surface area contributed by atoms with Gasteiger partial charge in [0.05, 0.1) is 33.5 Å². The van der Waals surface area contributed by atoms with Crippen LogP contribution in [0.1, 0.15) is 34.6 Å². The molecule has 2 atom stereocenters. The monoisotopic (exact) mass is 516 g/mol. The Morgan fingerprint density at radius 3 is 2.65 bits per heavy atom. The lowest BCUT2D eigenvalue weighted by Crippen LogP contribution is -2.35. The Labute approximate surface area is 217 Å². The Morgan fingerprint density at radius 1 is 1.16 bits per heavy atom. The highest BCUT2D eigenvalue weighted by Gasteiger charge is 2.33. The van der Waals surface area contributed by atoms with Gasteiger partial charge in [-0.2, -0.15) is 10.1 Å². The first-order valence-electron chi connectivity index (χ1n) is 11.6. The second-order valence-corrected chi connectivity index (χ2v) is 9.07. The van der Waals surface area contributed by atoms with E-state index in [9.17, 15) is 14.0 Å². The van der Waals surface area contributed by atoms with Gasteiger partial charge < -0.3 is 5.32 Å². The summed E-state index contributed by atoms with van der Waals surface area (Å²) in [7, 11) is 0. The minimum absolute atomic E-state index is 0.0456. The molecule has 0 fully saturated rings. The van der Waals surface area contributed by atoms with Gasteiger partial charge in [0, 0.05) is 6.54 Å². The Balaban J connectivity index is 1.41. The van der Waals surface area contributed by atoms with Crippen LogP contribution >= 0.6 is 11.6 Å².